The van der Waals surface area contributed by atoms with Crippen LogP contribution in [0.15, 0.2) is 12.1 Å². The molecule has 0 heterocycles. The van der Waals surface area contributed by atoms with Crippen LogP contribution in [0.4, 0.5) is 0 Å². The van der Waals surface area contributed by atoms with E-state index in [0.29, 0.717) is 17.9 Å². The van der Waals surface area contributed by atoms with Crippen molar-refractivity contribution < 1.29 is 19.3 Å². The highest BCUT2D eigenvalue weighted by Gasteiger charge is 2.47. The van der Waals surface area contributed by atoms with Gasteiger partial charge in [0.15, 0.2) is 5.78 Å². The summed E-state index contributed by atoms with van der Waals surface area (Å²) in [6.45, 7) is 15.7. The van der Waals surface area contributed by atoms with Gasteiger partial charge in [-0.05, 0) is 63.5 Å². The van der Waals surface area contributed by atoms with Gasteiger partial charge in [-0.25, -0.2) is 0 Å². The number of carbonyl (C=O) groups excluding carboxylic acids is 1. The van der Waals surface area contributed by atoms with Crippen LogP contribution >= 0.6 is 9.12 Å². The Kier molecular flexibility index (Phi) is 10.1. The summed E-state index contributed by atoms with van der Waals surface area (Å²) in [5.41, 5.74) is 2.63. The predicted octanol–water partition coefficient (Wildman–Crippen LogP) is 5.80. The van der Waals surface area contributed by atoms with Gasteiger partial charge >= 0.3 is 15.1 Å². The maximum atomic E-state index is 13.5. The Balaban J connectivity index is 0.00000326. The third-order valence-electron chi connectivity index (χ3n) is 5.29. The molecule has 0 saturated heterocycles. The van der Waals surface area contributed by atoms with Crippen LogP contribution in [-0.4, -0.2) is 16.9 Å². The minimum atomic E-state index is -1.06. The van der Waals surface area contributed by atoms with E-state index in [9.17, 15) is 14.7 Å². The molecule has 0 aromatic heterocycles. The van der Waals surface area contributed by atoms with Gasteiger partial charge in [-0.1, -0.05) is 50.0 Å². The number of ketones is 1. The summed E-state index contributed by atoms with van der Waals surface area (Å²) in [4.78, 5) is 25.7. The molecule has 3 unspecified atom stereocenters. The smallest absolute Gasteiger partial charge is 0.310 e. The molecule has 0 amide bonds. The number of hydrogen-bond donors (Lipinski definition) is 1. The van der Waals surface area contributed by atoms with Crippen molar-refractivity contribution in [1.82, 2.24) is 0 Å². The molecule has 0 aliphatic rings. The number of aliphatic carboxylic acids is 1. The maximum absolute atomic E-state index is 13.5. The van der Waals surface area contributed by atoms with Crippen molar-refractivity contribution in [2.75, 3.05) is 0 Å². The SMILES string of the molecule is Cc1cc(C)c(C(=O)C(C(C)C)C(C)(CCC(C)C)C(=O)O)c(C)c1.O=[PH2+]. The molecule has 0 saturated carbocycles. The highest BCUT2D eigenvalue weighted by molar-refractivity contribution is 7.00. The average molecular weight is 396 g/mol. The van der Waals surface area contributed by atoms with E-state index in [-0.39, 0.29) is 11.7 Å². The van der Waals surface area contributed by atoms with Gasteiger partial charge in [-0.2, -0.15) is 0 Å². The van der Waals surface area contributed by atoms with E-state index in [1.807, 2.05) is 46.8 Å². The molecule has 1 rings (SSSR count). The number of rotatable bonds is 8. The normalized spacial score (nSPS) is 14.3. The minimum absolute atomic E-state index is 0.0290. The van der Waals surface area contributed by atoms with Crippen molar-refractivity contribution in [3.05, 3.63) is 34.4 Å². The van der Waals surface area contributed by atoms with Gasteiger partial charge in [0.25, 0.3) is 0 Å². The van der Waals surface area contributed by atoms with Crippen molar-refractivity contribution in [1.29, 1.82) is 0 Å². The Morgan fingerprint density at radius 2 is 1.48 bits per heavy atom. The Labute approximate surface area is 166 Å². The molecule has 3 atom stereocenters. The largest absolute Gasteiger partial charge is 0.481 e. The van der Waals surface area contributed by atoms with Crippen molar-refractivity contribution in [2.45, 2.75) is 68.2 Å². The first kappa shape index (κ1) is 25.5. The number of hydrogen-bond acceptors (Lipinski definition) is 3. The fourth-order valence-electron chi connectivity index (χ4n) is 4.04. The first-order valence-corrected chi connectivity index (χ1v) is 9.98. The van der Waals surface area contributed by atoms with Crippen molar-refractivity contribution in [3.8, 4) is 0 Å². The maximum Gasteiger partial charge on any atom is 0.310 e. The number of aryl methyl sites for hydroxylation is 3. The number of carbonyl (C=O) groups is 2. The lowest BCUT2D eigenvalue weighted by Crippen LogP contribution is -2.43. The third kappa shape index (κ3) is 6.24. The lowest BCUT2D eigenvalue weighted by Gasteiger charge is -2.36. The molecule has 0 aliphatic heterocycles. The van der Waals surface area contributed by atoms with E-state index in [0.717, 1.165) is 23.1 Å². The standard InChI is InChI=1S/C22H34O3.H2OP/c1-13(2)9-10-22(8,21(24)25)19(14(3)4)20(23)18-16(6)11-15(5)12-17(18)7;1-2/h11-14,19H,9-10H2,1-8H3,(H,24,25);2H2/q;+1. The van der Waals surface area contributed by atoms with Crippen molar-refractivity contribution >= 4 is 20.9 Å². The van der Waals surface area contributed by atoms with Crippen molar-refractivity contribution in [2.24, 2.45) is 23.2 Å². The Bertz CT molecular complexity index is 643. The molecule has 0 radical (unpaired) electrons. The lowest BCUT2D eigenvalue weighted by atomic mass is 9.65. The van der Waals surface area contributed by atoms with E-state index >= 15 is 0 Å². The second-order valence-corrected chi connectivity index (χ2v) is 8.51. The Hall–Kier alpha value is -1.54. The molecule has 5 heteroatoms. The van der Waals surface area contributed by atoms with Crippen LogP contribution in [0.1, 0.15) is 74.5 Å². The lowest BCUT2D eigenvalue weighted by molar-refractivity contribution is -0.152. The molecule has 1 aromatic carbocycles. The van der Waals surface area contributed by atoms with Crippen LogP contribution in [0.5, 0.6) is 0 Å². The van der Waals surface area contributed by atoms with Crippen LogP contribution < -0.4 is 0 Å². The summed E-state index contributed by atoms with van der Waals surface area (Å²) in [6, 6.07) is 4.01. The van der Waals surface area contributed by atoms with Gasteiger partial charge in [0, 0.05) is 11.5 Å². The minimum Gasteiger partial charge on any atom is -0.481 e. The molecular formula is C22H36O4P+. The molecule has 0 fully saturated rings. The van der Waals surface area contributed by atoms with Crippen LogP contribution in [-0.2, 0) is 9.36 Å². The molecule has 0 spiro atoms. The van der Waals surface area contributed by atoms with Crippen LogP contribution in [0.25, 0.3) is 0 Å². The summed E-state index contributed by atoms with van der Waals surface area (Å²) in [7, 11) is 1.17. The van der Waals surface area contributed by atoms with E-state index in [2.05, 4.69) is 13.8 Å². The van der Waals surface area contributed by atoms with Gasteiger partial charge in [-0.3, -0.25) is 9.59 Å². The number of Topliss-reactive ketones (excluding diaryl/α,β-unsaturated/α-hetero) is 1. The zero-order chi connectivity index (χ0) is 21.5. The van der Waals surface area contributed by atoms with Crippen molar-refractivity contribution in [3.63, 3.8) is 0 Å². The first-order valence-electron chi connectivity index (χ1n) is 9.50. The number of carboxylic acids is 1. The topological polar surface area (TPSA) is 71.4 Å². The molecule has 27 heavy (non-hydrogen) atoms. The molecule has 0 bridgehead atoms. The summed E-state index contributed by atoms with van der Waals surface area (Å²) in [5.74, 6) is -1.07. The van der Waals surface area contributed by atoms with E-state index in [1.54, 1.807) is 6.92 Å². The Morgan fingerprint density at radius 1 is 1.04 bits per heavy atom. The zero-order valence-corrected chi connectivity index (χ0v) is 19.2. The Morgan fingerprint density at radius 3 is 1.81 bits per heavy atom. The number of benzene rings is 1. The summed E-state index contributed by atoms with van der Waals surface area (Å²) in [6.07, 6.45) is 1.31. The molecule has 152 valence electrons. The van der Waals surface area contributed by atoms with Crippen LogP contribution in [0.2, 0.25) is 0 Å². The fourth-order valence-corrected chi connectivity index (χ4v) is 4.04. The molecule has 1 N–H and O–H groups in total. The first-order chi connectivity index (χ1) is 12.4. The zero-order valence-electron chi connectivity index (χ0n) is 18.1. The van der Waals surface area contributed by atoms with Gasteiger partial charge in [0.05, 0.1) is 5.41 Å². The average Bonchev–Trinajstić information content (AvgIpc) is 2.53. The molecular weight excluding hydrogens is 359 g/mol. The summed E-state index contributed by atoms with van der Waals surface area (Å²) < 4.78 is 8.17. The third-order valence-corrected chi connectivity index (χ3v) is 5.29. The van der Waals surface area contributed by atoms with E-state index in [4.69, 9.17) is 4.57 Å². The van der Waals surface area contributed by atoms with E-state index in [1.165, 1.54) is 9.12 Å². The van der Waals surface area contributed by atoms with Crippen LogP contribution in [0.3, 0.4) is 0 Å². The molecule has 4 nitrogen and oxygen atoms in total. The fraction of sp³-hybridized carbons (Fsp3) is 0.636. The van der Waals surface area contributed by atoms with Crippen LogP contribution in [0, 0.1) is 43.9 Å². The highest BCUT2D eigenvalue weighted by atomic mass is 31.0. The van der Waals surface area contributed by atoms with Gasteiger partial charge in [-0.15, -0.1) is 0 Å². The predicted molar refractivity (Wildman–Crippen MR) is 114 cm³/mol. The van der Waals surface area contributed by atoms with E-state index < -0.39 is 17.3 Å². The monoisotopic (exact) mass is 395 g/mol. The van der Waals surface area contributed by atoms with Gasteiger partial charge in [0.1, 0.15) is 0 Å². The number of carboxylic acid groups (broad SMARTS) is 1. The molecule has 1 aromatic rings. The summed E-state index contributed by atoms with van der Waals surface area (Å²) in [5, 5.41) is 9.99. The molecule has 0 aliphatic carbocycles. The van der Waals surface area contributed by atoms with Gasteiger partial charge in [0.2, 0.25) is 0 Å². The summed E-state index contributed by atoms with van der Waals surface area (Å²) >= 11 is 0. The second-order valence-electron chi connectivity index (χ2n) is 8.51. The quantitative estimate of drug-likeness (QED) is 0.446. The highest BCUT2D eigenvalue weighted by Crippen LogP contribution is 2.41. The van der Waals surface area contributed by atoms with Gasteiger partial charge < -0.3 is 5.11 Å². The second kappa shape index (κ2) is 10.7.